The van der Waals surface area contributed by atoms with Crippen LogP contribution >= 0.6 is 0 Å². The van der Waals surface area contributed by atoms with Crippen molar-refractivity contribution in [1.29, 1.82) is 0 Å². The van der Waals surface area contributed by atoms with Crippen LogP contribution in [0, 0.1) is 0 Å². The smallest absolute Gasteiger partial charge is 0.0997 e. The van der Waals surface area contributed by atoms with E-state index in [1.807, 2.05) is 0 Å². The number of hydrogen-bond acceptors (Lipinski definition) is 4. The summed E-state index contributed by atoms with van der Waals surface area (Å²) in [4.78, 5) is 0. The fourth-order valence-electron chi connectivity index (χ4n) is 2.25. The molecule has 90 valence electrons. The Morgan fingerprint density at radius 1 is 1.56 bits per heavy atom. The van der Waals surface area contributed by atoms with Gasteiger partial charge in [-0.1, -0.05) is 18.6 Å². The van der Waals surface area contributed by atoms with E-state index in [-0.39, 0.29) is 0 Å². The topological polar surface area (TPSA) is 52.0 Å². The highest BCUT2D eigenvalue weighted by molar-refractivity contribution is 5.14. The van der Waals surface area contributed by atoms with Gasteiger partial charge in [-0.15, -0.1) is 5.10 Å². The molecule has 16 heavy (non-hydrogen) atoms. The zero-order valence-corrected chi connectivity index (χ0v) is 10.1. The number of rotatable bonds is 5. The highest BCUT2D eigenvalue weighted by atomic mass is 16.5. The van der Waals surface area contributed by atoms with Gasteiger partial charge in [0.15, 0.2) is 0 Å². The molecule has 5 nitrogen and oxygen atoms in total. The summed E-state index contributed by atoms with van der Waals surface area (Å²) in [5.41, 5.74) is 2.39. The molecular formula is C11H20N4O. The van der Waals surface area contributed by atoms with Gasteiger partial charge in [0.2, 0.25) is 0 Å². The maximum Gasteiger partial charge on any atom is 0.0997 e. The number of methoxy groups -OCH3 is 1. The molecular weight excluding hydrogens is 204 g/mol. The van der Waals surface area contributed by atoms with Gasteiger partial charge in [-0.05, 0) is 6.42 Å². The molecule has 1 unspecified atom stereocenters. The largest absolute Gasteiger partial charge is 0.382 e. The van der Waals surface area contributed by atoms with Crippen LogP contribution in [0.2, 0.25) is 0 Å². The summed E-state index contributed by atoms with van der Waals surface area (Å²) in [6, 6.07) is 0.337. The Balaban J connectivity index is 2.19. The molecule has 5 heteroatoms. The summed E-state index contributed by atoms with van der Waals surface area (Å²) in [5, 5.41) is 11.8. The molecule has 0 amide bonds. The van der Waals surface area contributed by atoms with Crippen LogP contribution < -0.4 is 5.32 Å². The number of nitrogens with zero attached hydrogens (tertiary/aromatic N) is 3. The van der Waals surface area contributed by atoms with Crippen molar-refractivity contribution >= 4 is 0 Å². The summed E-state index contributed by atoms with van der Waals surface area (Å²) < 4.78 is 7.34. The van der Waals surface area contributed by atoms with Crippen molar-refractivity contribution in [3.8, 4) is 0 Å². The molecule has 1 atom stereocenters. The normalized spacial score (nSPS) is 17.1. The van der Waals surface area contributed by atoms with Gasteiger partial charge in [0.1, 0.15) is 0 Å². The van der Waals surface area contributed by atoms with Crippen molar-refractivity contribution in [3.63, 3.8) is 0 Å². The lowest BCUT2D eigenvalue weighted by molar-refractivity contribution is 0.141. The highest BCUT2D eigenvalue weighted by Gasteiger charge is 2.21. The lowest BCUT2D eigenvalue weighted by Gasteiger charge is -2.20. The van der Waals surface area contributed by atoms with E-state index in [1.165, 1.54) is 5.69 Å². The number of ether oxygens (including phenoxy) is 1. The summed E-state index contributed by atoms with van der Waals surface area (Å²) in [6.07, 6.45) is 3.25. The van der Waals surface area contributed by atoms with E-state index >= 15 is 0 Å². The molecule has 0 bridgehead atoms. The summed E-state index contributed by atoms with van der Waals surface area (Å²) in [6.45, 7) is 4.78. The van der Waals surface area contributed by atoms with Crippen LogP contribution in [-0.2, 0) is 17.7 Å². The van der Waals surface area contributed by atoms with Gasteiger partial charge in [-0.3, -0.25) is 0 Å². The van der Waals surface area contributed by atoms with Crippen LogP contribution in [0.4, 0.5) is 0 Å². The third-order valence-corrected chi connectivity index (χ3v) is 3.03. The number of hydrogen-bond donors (Lipinski definition) is 1. The fraction of sp³-hybridized carbons (Fsp3) is 0.818. The average molecular weight is 224 g/mol. The third kappa shape index (κ3) is 2.25. The van der Waals surface area contributed by atoms with E-state index in [9.17, 15) is 0 Å². The van der Waals surface area contributed by atoms with Gasteiger partial charge in [0.25, 0.3) is 0 Å². The molecule has 1 aromatic rings. The molecule has 1 aromatic heterocycles. The SMILES string of the molecule is CCCC(COC)n1nnc2c1CCNC2. The fourth-order valence-corrected chi connectivity index (χ4v) is 2.25. The molecule has 1 N–H and O–H groups in total. The van der Waals surface area contributed by atoms with Crippen molar-refractivity contribution in [2.24, 2.45) is 0 Å². The van der Waals surface area contributed by atoms with Crippen LogP contribution in [0.3, 0.4) is 0 Å². The van der Waals surface area contributed by atoms with Gasteiger partial charge in [-0.2, -0.15) is 0 Å². The number of aromatic nitrogens is 3. The molecule has 0 aromatic carbocycles. The molecule has 1 aliphatic rings. The molecule has 1 aliphatic heterocycles. The van der Waals surface area contributed by atoms with Crippen molar-refractivity contribution < 1.29 is 4.74 Å². The van der Waals surface area contributed by atoms with Gasteiger partial charge in [0.05, 0.1) is 24.0 Å². The zero-order valence-electron chi connectivity index (χ0n) is 10.1. The second-order valence-corrected chi connectivity index (χ2v) is 4.25. The molecule has 0 radical (unpaired) electrons. The maximum atomic E-state index is 5.27. The third-order valence-electron chi connectivity index (χ3n) is 3.03. The molecule has 2 rings (SSSR count). The summed E-state index contributed by atoms with van der Waals surface area (Å²) >= 11 is 0. The average Bonchev–Trinajstić information content (AvgIpc) is 2.72. The predicted octanol–water partition coefficient (Wildman–Crippen LogP) is 0.911. The first-order chi connectivity index (χ1) is 7.86. The Bertz CT molecular complexity index is 331. The molecule has 0 fully saturated rings. The van der Waals surface area contributed by atoms with E-state index in [2.05, 4.69) is 27.2 Å². The Kier molecular flexibility index (Phi) is 3.90. The van der Waals surface area contributed by atoms with Crippen LogP contribution in [0.25, 0.3) is 0 Å². The second kappa shape index (κ2) is 5.41. The Labute approximate surface area is 96.2 Å². The highest BCUT2D eigenvalue weighted by Crippen LogP contribution is 2.19. The summed E-state index contributed by atoms with van der Waals surface area (Å²) in [5.74, 6) is 0. The number of fused-ring (bicyclic) bond motifs is 1. The first-order valence-corrected chi connectivity index (χ1v) is 5.99. The predicted molar refractivity (Wildman–Crippen MR) is 61.3 cm³/mol. The van der Waals surface area contributed by atoms with Crippen molar-refractivity contribution in [3.05, 3.63) is 11.4 Å². The molecule has 2 heterocycles. The Morgan fingerprint density at radius 2 is 2.44 bits per heavy atom. The minimum Gasteiger partial charge on any atom is -0.382 e. The zero-order chi connectivity index (χ0) is 11.4. The van der Waals surface area contributed by atoms with E-state index in [4.69, 9.17) is 4.74 Å². The van der Waals surface area contributed by atoms with Gasteiger partial charge >= 0.3 is 0 Å². The first-order valence-electron chi connectivity index (χ1n) is 5.99. The van der Waals surface area contributed by atoms with Crippen LogP contribution in [0.15, 0.2) is 0 Å². The van der Waals surface area contributed by atoms with Crippen molar-refractivity contribution in [2.75, 3.05) is 20.3 Å². The minimum absolute atomic E-state index is 0.337. The van der Waals surface area contributed by atoms with Crippen LogP contribution in [0.5, 0.6) is 0 Å². The molecule has 0 aliphatic carbocycles. The van der Waals surface area contributed by atoms with Gasteiger partial charge in [-0.25, -0.2) is 4.68 Å². The van der Waals surface area contributed by atoms with E-state index in [1.54, 1.807) is 7.11 Å². The first kappa shape index (κ1) is 11.5. The minimum atomic E-state index is 0.337. The van der Waals surface area contributed by atoms with E-state index < -0.39 is 0 Å². The van der Waals surface area contributed by atoms with Crippen LogP contribution in [0.1, 0.15) is 37.2 Å². The lowest BCUT2D eigenvalue weighted by Crippen LogP contribution is -2.27. The quantitative estimate of drug-likeness (QED) is 0.807. The standard InChI is InChI=1S/C11H20N4O/c1-3-4-9(8-16-2)15-11-5-6-12-7-10(11)13-14-15/h9,12H,3-8H2,1-2H3. The van der Waals surface area contributed by atoms with Crippen molar-refractivity contribution in [2.45, 2.75) is 38.8 Å². The maximum absolute atomic E-state index is 5.27. The number of nitrogens with one attached hydrogen (secondary N) is 1. The molecule has 0 spiro atoms. The molecule has 0 saturated carbocycles. The van der Waals surface area contributed by atoms with Crippen molar-refractivity contribution in [1.82, 2.24) is 20.3 Å². The Hall–Kier alpha value is -0.940. The summed E-state index contributed by atoms with van der Waals surface area (Å²) in [7, 11) is 1.74. The van der Waals surface area contributed by atoms with Crippen LogP contribution in [-0.4, -0.2) is 35.3 Å². The second-order valence-electron chi connectivity index (χ2n) is 4.25. The lowest BCUT2D eigenvalue weighted by atomic mass is 10.1. The monoisotopic (exact) mass is 224 g/mol. The van der Waals surface area contributed by atoms with E-state index in [0.29, 0.717) is 6.04 Å². The van der Waals surface area contributed by atoms with Gasteiger partial charge < -0.3 is 10.1 Å². The van der Waals surface area contributed by atoms with Gasteiger partial charge in [0, 0.05) is 26.6 Å². The van der Waals surface area contributed by atoms with E-state index in [0.717, 1.165) is 44.7 Å². The Morgan fingerprint density at radius 3 is 3.19 bits per heavy atom. The molecule has 0 saturated heterocycles.